The maximum atomic E-state index is 10.4. The summed E-state index contributed by atoms with van der Waals surface area (Å²) in [4.78, 5) is 1.96. The van der Waals surface area contributed by atoms with Crippen molar-refractivity contribution in [2.24, 2.45) is 7.05 Å². The molecular formula is C23H26N2O3S. The highest BCUT2D eigenvalue weighted by Gasteiger charge is 2.13. The number of aromatic nitrogens is 1. The van der Waals surface area contributed by atoms with Crippen LogP contribution in [0.15, 0.2) is 83.9 Å². The van der Waals surface area contributed by atoms with E-state index in [1.807, 2.05) is 19.1 Å². The van der Waals surface area contributed by atoms with Crippen LogP contribution in [0.5, 0.6) is 0 Å². The average Bonchev–Trinajstić information content (AvgIpc) is 2.67. The van der Waals surface area contributed by atoms with Gasteiger partial charge in [0.25, 0.3) is 0 Å². The molecule has 0 fully saturated rings. The minimum absolute atomic E-state index is 0.178. The van der Waals surface area contributed by atoms with Crippen molar-refractivity contribution in [1.82, 2.24) is 4.90 Å². The Labute approximate surface area is 173 Å². The molecule has 1 aromatic heterocycles. The highest BCUT2D eigenvalue weighted by Crippen LogP contribution is 2.17. The molecule has 3 rings (SSSR count). The third-order valence-corrected chi connectivity index (χ3v) is 5.06. The fourth-order valence-electron chi connectivity index (χ4n) is 2.63. The zero-order valence-electron chi connectivity index (χ0n) is 17.1. The Hall–Kier alpha value is -2.96. The van der Waals surface area contributed by atoms with Gasteiger partial charge in [0.1, 0.15) is 22.9 Å². The minimum Gasteiger partial charge on any atom is -0.744 e. The molecule has 6 heteroatoms. The topological polar surface area (TPSA) is 64.3 Å². The van der Waals surface area contributed by atoms with Crippen molar-refractivity contribution < 1.29 is 17.5 Å². The third-order valence-electron chi connectivity index (χ3n) is 4.21. The number of aryl methyl sites for hydroxylation is 2. The van der Waals surface area contributed by atoms with E-state index < -0.39 is 10.1 Å². The molecule has 0 bridgehead atoms. The van der Waals surface area contributed by atoms with Gasteiger partial charge >= 0.3 is 0 Å². The molecule has 0 radical (unpaired) electrons. The summed E-state index contributed by atoms with van der Waals surface area (Å²) in [6.07, 6.45) is 4.27. The molecule has 0 aliphatic rings. The molecule has 0 spiro atoms. The van der Waals surface area contributed by atoms with Crippen LogP contribution < -0.4 is 4.57 Å². The Balaban J connectivity index is 0.000000234. The van der Waals surface area contributed by atoms with E-state index in [0.717, 1.165) is 5.56 Å². The van der Waals surface area contributed by atoms with E-state index in [4.69, 9.17) is 0 Å². The van der Waals surface area contributed by atoms with Gasteiger partial charge in [-0.05, 0) is 36.8 Å². The van der Waals surface area contributed by atoms with Gasteiger partial charge in [0.05, 0.1) is 4.90 Å². The van der Waals surface area contributed by atoms with Crippen LogP contribution in [0.4, 0.5) is 0 Å². The quantitative estimate of drug-likeness (QED) is 0.488. The molecule has 2 aromatic carbocycles. The van der Waals surface area contributed by atoms with Crippen LogP contribution in [-0.4, -0.2) is 32.0 Å². The normalized spacial score (nSPS) is 11.4. The fraction of sp³-hybridized carbons (Fsp3) is 0.174. The first-order chi connectivity index (χ1) is 13.7. The molecule has 0 saturated heterocycles. The third kappa shape index (κ3) is 6.85. The highest BCUT2D eigenvalue weighted by molar-refractivity contribution is 7.85. The molecule has 5 nitrogen and oxygen atoms in total. The van der Waals surface area contributed by atoms with Crippen LogP contribution in [0.1, 0.15) is 16.8 Å². The van der Waals surface area contributed by atoms with Crippen LogP contribution in [0.25, 0.3) is 11.8 Å². The minimum atomic E-state index is -4.27. The molecule has 3 aromatic rings. The Morgan fingerprint density at radius 3 is 2.03 bits per heavy atom. The SMILES string of the molecule is CN(C)C(=Cc1ccccc1)c1cccc[n+]1C.Cc1ccc(S(=O)(=O)[O-])cc1. The average molecular weight is 411 g/mol. The summed E-state index contributed by atoms with van der Waals surface area (Å²) in [7, 11) is 1.94. The first-order valence-corrected chi connectivity index (χ1v) is 10.5. The van der Waals surface area contributed by atoms with Crippen LogP contribution in [0.3, 0.4) is 0 Å². The Bertz CT molecular complexity index is 1060. The van der Waals surface area contributed by atoms with Gasteiger partial charge in [0, 0.05) is 26.2 Å². The smallest absolute Gasteiger partial charge is 0.228 e. The van der Waals surface area contributed by atoms with Crippen molar-refractivity contribution in [3.63, 3.8) is 0 Å². The zero-order chi connectivity index (χ0) is 21.4. The summed E-state index contributed by atoms with van der Waals surface area (Å²) >= 11 is 0. The molecule has 0 unspecified atom stereocenters. The van der Waals surface area contributed by atoms with Crippen molar-refractivity contribution >= 4 is 21.9 Å². The standard InChI is InChI=1S/C16H19N2.C7H8O3S/c1-17(2)16(13-14-9-5-4-6-10-14)15-11-7-8-12-18(15)3;1-6-2-4-7(5-3-6)11(8,9)10/h4-13H,1-3H3;2-5H,1H3,(H,8,9,10)/q+1;/p-1. The monoisotopic (exact) mass is 410 g/mol. The van der Waals surface area contributed by atoms with Gasteiger partial charge in [-0.15, -0.1) is 0 Å². The second-order valence-electron chi connectivity index (χ2n) is 6.80. The fourth-order valence-corrected chi connectivity index (χ4v) is 3.10. The van der Waals surface area contributed by atoms with Crippen molar-refractivity contribution in [2.45, 2.75) is 11.8 Å². The molecular weight excluding hydrogens is 384 g/mol. The lowest BCUT2D eigenvalue weighted by molar-refractivity contribution is -0.674. The molecule has 0 aliphatic carbocycles. The summed E-state index contributed by atoms with van der Waals surface area (Å²) in [6.45, 7) is 1.82. The van der Waals surface area contributed by atoms with Gasteiger partial charge in [0.15, 0.2) is 6.20 Å². The van der Waals surface area contributed by atoms with Crippen LogP contribution in [-0.2, 0) is 17.2 Å². The van der Waals surface area contributed by atoms with Crippen LogP contribution in [0.2, 0.25) is 0 Å². The summed E-state index contributed by atoms with van der Waals surface area (Å²) in [5.74, 6) is 0. The first-order valence-electron chi connectivity index (χ1n) is 9.10. The molecule has 0 amide bonds. The second kappa shape index (κ2) is 10.0. The number of nitrogens with zero attached hydrogens (tertiary/aromatic N) is 2. The van der Waals surface area contributed by atoms with Gasteiger partial charge in [-0.1, -0.05) is 48.0 Å². The highest BCUT2D eigenvalue weighted by atomic mass is 32.2. The predicted molar refractivity (Wildman–Crippen MR) is 115 cm³/mol. The molecule has 0 saturated carbocycles. The summed E-state index contributed by atoms with van der Waals surface area (Å²) in [5, 5.41) is 0. The van der Waals surface area contributed by atoms with Crippen molar-refractivity contribution in [2.75, 3.05) is 14.1 Å². The van der Waals surface area contributed by atoms with Gasteiger partial charge < -0.3 is 9.45 Å². The van der Waals surface area contributed by atoms with E-state index in [2.05, 4.69) is 79.3 Å². The number of hydrogen-bond donors (Lipinski definition) is 0. The number of pyridine rings is 1. The van der Waals surface area contributed by atoms with Crippen LogP contribution in [0, 0.1) is 6.92 Å². The van der Waals surface area contributed by atoms with Gasteiger partial charge in [-0.3, -0.25) is 0 Å². The van der Waals surface area contributed by atoms with E-state index in [1.54, 1.807) is 12.1 Å². The van der Waals surface area contributed by atoms with E-state index >= 15 is 0 Å². The molecule has 29 heavy (non-hydrogen) atoms. The Morgan fingerprint density at radius 1 is 0.931 bits per heavy atom. The van der Waals surface area contributed by atoms with E-state index in [9.17, 15) is 13.0 Å². The van der Waals surface area contributed by atoms with Gasteiger partial charge in [-0.2, -0.15) is 4.57 Å². The van der Waals surface area contributed by atoms with Gasteiger partial charge in [0.2, 0.25) is 5.69 Å². The number of benzene rings is 2. The van der Waals surface area contributed by atoms with Crippen LogP contribution >= 0.6 is 0 Å². The van der Waals surface area contributed by atoms with Crippen molar-refractivity contribution in [3.05, 3.63) is 95.8 Å². The lowest BCUT2D eigenvalue weighted by Crippen LogP contribution is -2.34. The summed E-state index contributed by atoms with van der Waals surface area (Å²) in [6, 6.07) is 22.4. The van der Waals surface area contributed by atoms with Crippen molar-refractivity contribution in [3.8, 4) is 0 Å². The Morgan fingerprint density at radius 2 is 1.52 bits per heavy atom. The lowest BCUT2D eigenvalue weighted by Gasteiger charge is -2.15. The molecule has 0 atom stereocenters. The molecule has 1 heterocycles. The van der Waals surface area contributed by atoms with Crippen molar-refractivity contribution in [1.29, 1.82) is 0 Å². The van der Waals surface area contributed by atoms with E-state index in [-0.39, 0.29) is 4.90 Å². The molecule has 152 valence electrons. The van der Waals surface area contributed by atoms with Gasteiger partial charge in [-0.25, -0.2) is 8.42 Å². The van der Waals surface area contributed by atoms with E-state index in [1.165, 1.54) is 29.1 Å². The summed E-state index contributed by atoms with van der Waals surface area (Å²) in [5.41, 5.74) is 4.54. The second-order valence-corrected chi connectivity index (χ2v) is 8.18. The maximum Gasteiger partial charge on any atom is 0.228 e. The summed E-state index contributed by atoms with van der Waals surface area (Å²) < 4.78 is 33.3. The largest absolute Gasteiger partial charge is 0.744 e. The number of rotatable bonds is 4. The maximum absolute atomic E-state index is 10.4. The predicted octanol–water partition coefficient (Wildman–Crippen LogP) is 3.47. The lowest BCUT2D eigenvalue weighted by atomic mass is 10.1. The number of hydrogen-bond acceptors (Lipinski definition) is 4. The molecule has 0 N–H and O–H groups in total. The Kier molecular flexibility index (Phi) is 7.70. The zero-order valence-corrected chi connectivity index (χ0v) is 17.9. The van der Waals surface area contributed by atoms with E-state index in [0.29, 0.717) is 0 Å². The first kappa shape index (κ1) is 22.3. The molecule has 0 aliphatic heterocycles.